The lowest BCUT2D eigenvalue weighted by Crippen LogP contribution is -2.36. The number of aryl methyl sites for hydroxylation is 1. The first-order valence-corrected chi connectivity index (χ1v) is 6.82. The minimum absolute atomic E-state index is 0.0816. The highest BCUT2D eigenvalue weighted by Gasteiger charge is 2.16. The topological polar surface area (TPSA) is 69.6 Å². The molecule has 0 saturated heterocycles. The number of carboxylic acid groups (broad SMARTS) is 1. The molecule has 2 aromatic rings. The van der Waals surface area contributed by atoms with Crippen LogP contribution in [0.15, 0.2) is 24.3 Å². The Hall–Kier alpha value is -2.21. The van der Waals surface area contributed by atoms with Crippen molar-refractivity contribution < 1.29 is 9.90 Å². The number of aromatic nitrogens is 2. The maximum Gasteiger partial charge on any atom is 0.323 e. The van der Waals surface area contributed by atoms with E-state index in [9.17, 15) is 4.79 Å². The molecular weight excluding hydrogens is 268 g/mol. The molecule has 0 aliphatic heterocycles. The number of hydrogen-bond acceptors (Lipinski definition) is 5. The van der Waals surface area contributed by atoms with Crippen molar-refractivity contribution in [2.24, 2.45) is 0 Å². The molecule has 0 radical (unpaired) electrons. The van der Waals surface area contributed by atoms with Gasteiger partial charge in [-0.25, -0.2) is 9.97 Å². The first kappa shape index (κ1) is 15.2. The Morgan fingerprint density at radius 3 is 2.33 bits per heavy atom. The number of benzene rings is 1. The second-order valence-corrected chi connectivity index (χ2v) is 5.24. The van der Waals surface area contributed by atoms with Gasteiger partial charge < -0.3 is 14.9 Å². The van der Waals surface area contributed by atoms with Crippen molar-refractivity contribution in [3.63, 3.8) is 0 Å². The fourth-order valence-electron chi connectivity index (χ4n) is 2.12. The molecule has 1 N–H and O–H groups in total. The summed E-state index contributed by atoms with van der Waals surface area (Å²) in [5.41, 5.74) is 2.34. The Morgan fingerprint density at radius 1 is 1.14 bits per heavy atom. The fourth-order valence-corrected chi connectivity index (χ4v) is 2.12. The van der Waals surface area contributed by atoms with Gasteiger partial charge in [-0.05, 0) is 33.2 Å². The average Bonchev–Trinajstić information content (AvgIpc) is 2.42. The molecule has 1 aromatic carbocycles. The van der Waals surface area contributed by atoms with Gasteiger partial charge in [0.2, 0.25) is 0 Å². The van der Waals surface area contributed by atoms with Gasteiger partial charge >= 0.3 is 5.97 Å². The number of aliphatic carboxylic acids is 1. The molecule has 112 valence electrons. The maximum atomic E-state index is 11.1. The van der Waals surface area contributed by atoms with Crippen LogP contribution in [0.2, 0.25) is 0 Å². The highest BCUT2D eigenvalue weighted by Crippen LogP contribution is 2.19. The van der Waals surface area contributed by atoms with Crippen molar-refractivity contribution in [2.75, 3.05) is 38.6 Å². The number of nitrogens with zero attached hydrogens (tertiary/aromatic N) is 4. The quantitative estimate of drug-likeness (QED) is 0.866. The molecule has 2 rings (SSSR count). The van der Waals surface area contributed by atoms with Gasteiger partial charge in [-0.2, -0.15) is 0 Å². The SMILES string of the molecule is Cc1nc2ccccc2nc1N(CCN(C)C)CC(=O)O. The Balaban J connectivity index is 2.37. The molecule has 0 fully saturated rings. The third-order valence-electron chi connectivity index (χ3n) is 3.16. The predicted molar refractivity (Wildman–Crippen MR) is 82.7 cm³/mol. The molecule has 0 spiro atoms. The number of hydrogen-bond donors (Lipinski definition) is 1. The molecule has 1 heterocycles. The van der Waals surface area contributed by atoms with Crippen molar-refractivity contribution >= 4 is 22.8 Å². The van der Waals surface area contributed by atoms with E-state index in [1.807, 2.05) is 50.2 Å². The normalized spacial score (nSPS) is 11.0. The van der Waals surface area contributed by atoms with Crippen LogP contribution < -0.4 is 4.90 Å². The smallest absolute Gasteiger partial charge is 0.323 e. The number of fused-ring (bicyclic) bond motifs is 1. The number of likely N-dealkylation sites (N-methyl/N-ethyl adjacent to an activating group) is 1. The van der Waals surface area contributed by atoms with Crippen molar-refractivity contribution in [3.8, 4) is 0 Å². The van der Waals surface area contributed by atoms with E-state index in [0.29, 0.717) is 12.4 Å². The molecule has 21 heavy (non-hydrogen) atoms. The predicted octanol–water partition coefficient (Wildman–Crippen LogP) is 1.39. The van der Waals surface area contributed by atoms with E-state index in [2.05, 4.69) is 9.97 Å². The van der Waals surface area contributed by atoms with E-state index < -0.39 is 5.97 Å². The fraction of sp³-hybridized carbons (Fsp3) is 0.400. The lowest BCUT2D eigenvalue weighted by molar-refractivity contribution is -0.135. The van der Waals surface area contributed by atoms with Crippen LogP contribution in [0.25, 0.3) is 11.0 Å². The highest BCUT2D eigenvalue weighted by molar-refractivity contribution is 5.78. The maximum absolute atomic E-state index is 11.1. The van der Waals surface area contributed by atoms with Crippen molar-refractivity contribution in [1.29, 1.82) is 0 Å². The van der Waals surface area contributed by atoms with Crippen molar-refractivity contribution in [3.05, 3.63) is 30.0 Å². The lowest BCUT2D eigenvalue weighted by atomic mass is 10.2. The summed E-state index contributed by atoms with van der Waals surface area (Å²) in [5.74, 6) is -0.235. The van der Waals surface area contributed by atoms with Crippen LogP contribution in [0.1, 0.15) is 5.69 Å². The molecule has 6 heteroatoms. The second kappa shape index (κ2) is 6.49. The van der Waals surface area contributed by atoms with E-state index in [4.69, 9.17) is 5.11 Å². The number of anilines is 1. The van der Waals surface area contributed by atoms with E-state index in [1.165, 1.54) is 0 Å². The first-order chi connectivity index (χ1) is 9.97. The van der Waals surface area contributed by atoms with Gasteiger partial charge in [0, 0.05) is 13.1 Å². The summed E-state index contributed by atoms with van der Waals surface area (Å²) in [6.07, 6.45) is 0. The van der Waals surface area contributed by atoms with Crippen molar-refractivity contribution in [2.45, 2.75) is 6.92 Å². The summed E-state index contributed by atoms with van der Waals surface area (Å²) in [7, 11) is 3.91. The Labute approximate surface area is 124 Å². The zero-order chi connectivity index (χ0) is 15.4. The van der Waals surface area contributed by atoms with Crippen LogP contribution in [-0.2, 0) is 4.79 Å². The minimum Gasteiger partial charge on any atom is -0.480 e. The Morgan fingerprint density at radius 2 is 1.76 bits per heavy atom. The molecule has 0 bridgehead atoms. The number of rotatable bonds is 6. The summed E-state index contributed by atoms with van der Waals surface area (Å²) in [4.78, 5) is 24.0. The Kier molecular flexibility index (Phi) is 4.70. The average molecular weight is 288 g/mol. The van der Waals surface area contributed by atoms with E-state index in [1.54, 1.807) is 4.90 Å². The zero-order valence-corrected chi connectivity index (χ0v) is 12.6. The van der Waals surface area contributed by atoms with Gasteiger partial charge in [0.05, 0.1) is 16.7 Å². The Bertz CT molecular complexity index is 643. The van der Waals surface area contributed by atoms with Gasteiger partial charge in [0.15, 0.2) is 5.82 Å². The summed E-state index contributed by atoms with van der Waals surface area (Å²) in [6, 6.07) is 7.60. The lowest BCUT2D eigenvalue weighted by Gasteiger charge is -2.24. The molecular formula is C15H20N4O2. The number of carboxylic acids is 1. The number of para-hydroxylation sites is 2. The third-order valence-corrected chi connectivity index (χ3v) is 3.16. The van der Waals surface area contributed by atoms with Crippen LogP contribution in [0.5, 0.6) is 0 Å². The van der Waals surface area contributed by atoms with Crippen LogP contribution in [0.4, 0.5) is 5.82 Å². The van der Waals surface area contributed by atoms with E-state index >= 15 is 0 Å². The van der Waals surface area contributed by atoms with Crippen LogP contribution in [0, 0.1) is 6.92 Å². The van der Waals surface area contributed by atoms with Gasteiger partial charge in [0.25, 0.3) is 0 Å². The monoisotopic (exact) mass is 288 g/mol. The van der Waals surface area contributed by atoms with Gasteiger partial charge in [-0.3, -0.25) is 4.79 Å². The molecule has 0 aliphatic carbocycles. The highest BCUT2D eigenvalue weighted by atomic mass is 16.4. The molecule has 1 aromatic heterocycles. The van der Waals surface area contributed by atoms with Crippen LogP contribution in [-0.4, -0.2) is 59.7 Å². The van der Waals surface area contributed by atoms with E-state index in [0.717, 1.165) is 23.3 Å². The number of carbonyl (C=O) groups is 1. The molecule has 0 saturated carbocycles. The van der Waals surface area contributed by atoms with Gasteiger partial charge in [-0.15, -0.1) is 0 Å². The minimum atomic E-state index is -0.872. The summed E-state index contributed by atoms with van der Waals surface area (Å²) in [5, 5.41) is 9.11. The standard InChI is InChI=1S/C15H20N4O2/c1-11-15(17-13-7-5-4-6-12(13)16-11)19(10-14(20)21)9-8-18(2)3/h4-7H,8-10H2,1-3H3,(H,20,21). The van der Waals surface area contributed by atoms with Crippen LogP contribution >= 0.6 is 0 Å². The van der Waals surface area contributed by atoms with Gasteiger partial charge in [0.1, 0.15) is 6.54 Å². The summed E-state index contributed by atoms with van der Waals surface area (Å²) < 4.78 is 0. The largest absolute Gasteiger partial charge is 0.480 e. The molecule has 6 nitrogen and oxygen atoms in total. The summed E-state index contributed by atoms with van der Waals surface area (Å²) in [6.45, 7) is 3.12. The second-order valence-electron chi connectivity index (χ2n) is 5.24. The van der Waals surface area contributed by atoms with Crippen molar-refractivity contribution in [1.82, 2.24) is 14.9 Å². The van der Waals surface area contributed by atoms with Gasteiger partial charge in [-0.1, -0.05) is 12.1 Å². The molecule has 0 amide bonds. The molecule has 0 aliphatic rings. The first-order valence-electron chi connectivity index (χ1n) is 6.82. The zero-order valence-electron chi connectivity index (χ0n) is 12.6. The molecule has 0 atom stereocenters. The third kappa shape index (κ3) is 3.88. The van der Waals surface area contributed by atoms with E-state index in [-0.39, 0.29) is 6.54 Å². The summed E-state index contributed by atoms with van der Waals surface area (Å²) >= 11 is 0. The van der Waals surface area contributed by atoms with Crippen LogP contribution in [0.3, 0.4) is 0 Å². The molecule has 0 unspecified atom stereocenters.